The van der Waals surface area contributed by atoms with Crippen molar-refractivity contribution in [3.8, 4) is 17.1 Å². The second kappa shape index (κ2) is 9.07. The highest BCUT2D eigenvalue weighted by atomic mass is 19.4. The van der Waals surface area contributed by atoms with E-state index in [1.54, 1.807) is 54.6 Å². The number of fused-ring (bicyclic) bond motifs is 1. The molecule has 0 aliphatic heterocycles. The highest BCUT2D eigenvalue weighted by Gasteiger charge is 2.33. The van der Waals surface area contributed by atoms with Gasteiger partial charge in [0.1, 0.15) is 5.58 Å². The van der Waals surface area contributed by atoms with E-state index < -0.39 is 29.7 Å². The molecular formula is C24H17F3N2O4. The highest BCUT2D eigenvalue weighted by Crippen LogP contribution is 2.34. The third-order valence-electron chi connectivity index (χ3n) is 4.71. The van der Waals surface area contributed by atoms with Crippen LogP contribution in [0.5, 0.6) is 5.75 Å². The Hall–Kier alpha value is -4.27. The molecule has 1 amide bonds. The molecule has 4 aromatic rings. The van der Waals surface area contributed by atoms with Gasteiger partial charge in [0, 0.05) is 5.56 Å². The Bertz CT molecular complexity index is 1350. The predicted octanol–water partition coefficient (Wildman–Crippen LogP) is 5.00. The monoisotopic (exact) mass is 454 g/mol. The number of carbonyl (C=O) groups excluding carboxylic acids is 1. The zero-order valence-corrected chi connectivity index (χ0v) is 17.0. The van der Waals surface area contributed by atoms with Crippen LogP contribution in [0.25, 0.3) is 22.3 Å². The van der Waals surface area contributed by atoms with Gasteiger partial charge in [0.05, 0.1) is 16.6 Å². The standard InChI is InChI=1S/C24H17F3N2O4/c25-24(26,27)17-11-5-6-12-18(17)28-29-20(30)14-32-23-21(31)16-10-4-7-13-19(16)33-22(23)15-8-2-1-3-9-15/h1-13,28H,14H2,(H,29,30). The number of carbonyl (C=O) groups is 1. The average molecular weight is 454 g/mol. The van der Waals surface area contributed by atoms with Crippen molar-refractivity contribution < 1.29 is 27.1 Å². The van der Waals surface area contributed by atoms with Crippen molar-refractivity contribution >= 4 is 22.6 Å². The van der Waals surface area contributed by atoms with Gasteiger partial charge in [0.2, 0.25) is 11.2 Å². The van der Waals surface area contributed by atoms with Crippen LogP contribution < -0.4 is 21.0 Å². The van der Waals surface area contributed by atoms with Crippen molar-refractivity contribution in [1.29, 1.82) is 0 Å². The van der Waals surface area contributed by atoms with Gasteiger partial charge in [-0.1, -0.05) is 54.6 Å². The molecule has 0 aliphatic carbocycles. The molecule has 0 spiro atoms. The lowest BCUT2D eigenvalue weighted by Crippen LogP contribution is -2.35. The zero-order chi connectivity index (χ0) is 23.4. The molecular weight excluding hydrogens is 437 g/mol. The SMILES string of the molecule is O=C(COc1c(-c2ccccc2)oc2ccccc2c1=O)NNc1ccccc1C(F)(F)F. The molecule has 0 saturated carbocycles. The van der Waals surface area contributed by atoms with Gasteiger partial charge in [0.25, 0.3) is 5.91 Å². The molecule has 1 aromatic heterocycles. The lowest BCUT2D eigenvalue weighted by Gasteiger charge is -2.15. The van der Waals surface area contributed by atoms with Crippen LogP contribution in [0.1, 0.15) is 5.56 Å². The topological polar surface area (TPSA) is 80.6 Å². The van der Waals surface area contributed by atoms with E-state index in [0.717, 1.165) is 6.07 Å². The van der Waals surface area contributed by atoms with Gasteiger partial charge in [-0.25, -0.2) is 0 Å². The van der Waals surface area contributed by atoms with E-state index in [1.807, 2.05) is 0 Å². The van der Waals surface area contributed by atoms with Gasteiger partial charge in [-0.3, -0.25) is 20.4 Å². The fourth-order valence-electron chi connectivity index (χ4n) is 3.19. The van der Waals surface area contributed by atoms with E-state index in [4.69, 9.17) is 9.15 Å². The minimum absolute atomic E-state index is 0.141. The number of para-hydroxylation sites is 2. The van der Waals surface area contributed by atoms with Crippen LogP contribution in [0.3, 0.4) is 0 Å². The number of rotatable bonds is 6. The lowest BCUT2D eigenvalue weighted by atomic mass is 10.1. The van der Waals surface area contributed by atoms with E-state index in [9.17, 15) is 22.8 Å². The summed E-state index contributed by atoms with van der Waals surface area (Å²) in [6.45, 7) is -0.635. The Morgan fingerprint density at radius 3 is 2.33 bits per heavy atom. The Kier molecular flexibility index (Phi) is 6.03. The Labute approximate surface area is 185 Å². The zero-order valence-electron chi connectivity index (χ0n) is 17.0. The summed E-state index contributed by atoms with van der Waals surface area (Å²) in [6, 6.07) is 20.0. The number of nitrogens with one attached hydrogen (secondary N) is 2. The van der Waals surface area contributed by atoms with Crippen LogP contribution in [0.15, 0.2) is 88.1 Å². The lowest BCUT2D eigenvalue weighted by molar-refractivity contribution is -0.137. The van der Waals surface area contributed by atoms with Crippen LogP contribution in [-0.4, -0.2) is 12.5 Å². The molecule has 33 heavy (non-hydrogen) atoms. The molecule has 6 nitrogen and oxygen atoms in total. The van der Waals surface area contributed by atoms with E-state index in [2.05, 4.69) is 10.9 Å². The summed E-state index contributed by atoms with van der Waals surface area (Å²) in [5.41, 5.74) is 3.57. The number of ether oxygens (including phenoxy) is 1. The Balaban J connectivity index is 1.56. The van der Waals surface area contributed by atoms with Crippen LogP contribution in [-0.2, 0) is 11.0 Å². The van der Waals surface area contributed by atoms with Crippen molar-refractivity contribution in [2.75, 3.05) is 12.0 Å². The molecule has 0 unspecified atom stereocenters. The summed E-state index contributed by atoms with van der Waals surface area (Å²) in [5.74, 6) is -0.827. The van der Waals surface area contributed by atoms with Gasteiger partial charge in [-0.2, -0.15) is 13.2 Å². The minimum Gasteiger partial charge on any atom is -0.476 e. The van der Waals surface area contributed by atoms with E-state index in [-0.39, 0.29) is 22.6 Å². The number of hydrazine groups is 1. The summed E-state index contributed by atoms with van der Waals surface area (Å²) in [6.07, 6.45) is -4.60. The van der Waals surface area contributed by atoms with Crippen LogP contribution in [0.2, 0.25) is 0 Å². The van der Waals surface area contributed by atoms with E-state index in [1.165, 1.54) is 18.2 Å². The maximum absolute atomic E-state index is 13.1. The van der Waals surface area contributed by atoms with Crippen LogP contribution >= 0.6 is 0 Å². The molecule has 0 bridgehead atoms. The van der Waals surface area contributed by atoms with Gasteiger partial charge in [-0.15, -0.1) is 0 Å². The van der Waals surface area contributed by atoms with Gasteiger partial charge in [0.15, 0.2) is 12.4 Å². The number of benzene rings is 3. The highest BCUT2D eigenvalue weighted by molar-refractivity contribution is 5.83. The van der Waals surface area contributed by atoms with Crippen LogP contribution in [0, 0.1) is 0 Å². The quantitative estimate of drug-likeness (QED) is 0.401. The molecule has 168 valence electrons. The number of hydrogen-bond donors (Lipinski definition) is 2. The van der Waals surface area contributed by atoms with Gasteiger partial charge >= 0.3 is 6.18 Å². The van der Waals surface area contributed by atoms with Gasteiger partial charge < -0.3 is 9.15 Å². The summed E-state index contributed by atoms with van der Waals surface area (Å²) < 4.78 is 50.7. The summed E-state index contributed by atoms with van der Waals surface area (Å²) in [5, 5.41) is 0.268. The molecule has 0 fully saturated rings. The normalized spacial score (nSPS) is 11.2. The predicted molar refractivity (Wildman–Crippen MR) is 117 cm³/mol. The summed E-state index contributed by atoms with van der Waals surface area (Å²) >= 11 is 0. The first-order valence-corrected chi connectivity index (χ1v) is 9.80. The summed E-state index contributed by atoms with van der Waals surface area (Å²) in [7, 11) is 0. The van der Waals surface area contributed by atoms with Gasteiger partial charge in [-0.05, 0) is 24.3 Å². The number of hydrogen-bond acceptors (Lipinski definition) is 5. The Morgan fingerprint density at radius 2 is 1.58 bits per heavy atom. The third kappa shape index (κ3) is 4.82. The van der Waals surface area contributed by atoms with Crippen molar-refractivity contribution in [2.45, 2.75) is 6.18 Å². The first-order valence-electron chi connectivity index (χ1n) is 9.80. The maximum atomic E-state index is 13.1. The van der Waals surface area contributed by atoms with Crippen molar-refractivity contribution in [3.05, 3.63) is 94.6 Å². The number of halogens is 3. The maximum Gasteiger partial charge on any atom is 0.418 e. The molecule has 0 radical (unpaired) electrons. The molecule has 1 heterocycles. The molecule has 0 atom stereocenters. The first-order chi connectivity index (χ1) is 15.8. The molecule has 9 heteroatoms. The second-order valence-corrected chi connectivity index (χ2v) is 6.96. The van der Waals surface area contributed by atoms with E-state index in [0.29, 0.717) is 11.1 Å². The number of amides is 1. The average Bonchev–Trinajstić information content (AvgIpc) is 2.82. The van der Waals surface area contributed by atoms with E-state index >= 15 is 0 Å². The Morgan fingerprint density at radius 1 is 0.909 bits per heavy atom. The molecule has 3 aromatic carbocycles. The first kappa shape index (κ1) is 21.9. The van der Waals surface area contributed by atoms with Crippen LogP contribution in [0.4, 0.5) is 18.9 Å². The molecule has 0 saturated heterocycles. The minimum atomic E-state index is -4.60. The molecule has 0 aliphatic rings. The van der Waals surface area contributed by atoms with Crippen molar-refractivity contribution in [1.82, 2.24) is 5.43 Å². The van der Waals surface area contributed by atoms with Crippen molar-refractivity contribution in [3.63, 3.8) is 0 Å². The fourth-order valence-corrected chi connectivity index (χ4v) is 3.19. The largest absolute Gasteiger partial charge is 0.476 e. The summed E-state index contributed by atoms with van der Waals surface area (Å²) in [4.78, 5) is 25.3. The number of alkyl halides is 3. The second-order valence-electron chi connectivity index (χ2n) is 6.96. The molecule has 2 N–H and O–H groups in total. The molecule has 4 rings (SSSR count). The fraction of sp³-hybridized carbons (Fsp3) is 0.0833. The third-order valence-corrected chi connectivity index (χ3v) is 4.71. The number of anilines is 1. The smallest absolute Gasteiger partial charge is 0.418 e. The van der Waals surface area contributed by atoms with Crippen molar-refractivity contribution in [2.24, 2.45) is 0 Å².